The zero-order chi connectivity index (χ0) is 31.4. The van der Waals surface area contributed by atoms with Crippen LogP contribution in [0.1, 0.15) is 84.7 Å². The minimum absolute atomic E-state index is 0.192. The van der Waals surface area contributed by atoms with Gasteiger partial charge in [0.05, 0.1) is 40.1 Å². The van der Waals surface area contributed by atoms with E-state index in [1.165, 1.54) is 11.0 Å². The number of para-hydroxylation sites is 1. The van der Waals surface area contributed by atoms with E-state index in [1.807, 2.05) is 0 Å². The van der Waals surface area contributed by atoms with Gasteiger partial charge < -0.3 is 0 Å². The molecule has 0 saturated heterocycles. The maximum Gasteiger partial charge on any atom is 0.266 e. The van der Waals surface area contributed by atoms with Gasteiger partial charge in [0.15, 0.2) is 0 Å². The van der Waals surface area contributed by atoms with E-state index >= 15 is 0 Å². The third-order valence-electron chi connectivity index (χ3n) is 10.1. The molecule has 2 aliphatic heterocycles. The molecule has 0 atom stereocenters. The number of benzene rings is 6. The summed E-state index contributed by atoms with van der Waals surface area (Å²) in [4.78, 5) is 58.6. The molecule has 3 aliphatic rings. The maximum absolute atomic E-state index is 14.1. The van der Waals surface area contributed by atoms with Gasteiger partial charge in [-0.05, 0) is 60.0 Å². The Balaban J connectivity index is 1.41. The van der Waals surface area contributed by atoms with Crippen molar-refractivity contribution in [3.63, 3.8) is 0 Å². The molecule has 0 bridgehead atoms. The highest BCUT2D eigenvalue weighted by molar-refractivity contribution is 6.44. The number of anilines is 1. The molecule has 46 heavy (non-hydrogen) atoms. The summed E-state index contributed by atoms with van der Waals surface area (Å²) in [5.74, 6) is -1.78. The van der Waals surface area contributed by atoms with Crippen LogP contribution in [0.3, 0.4) is 0 Å². The number of hydrogen-bond acceptors (Lipinski definition) is 6. The highest BCUT2D eigenvalue weighted by Crippen LogP contribution is 2.49. The van der Waals surface area contributed by atoms with Gasteiger partial charge in [0.1, 0.15) is 0 Å². The number of carbonyl (C=O) groups excluding carboxylic acids is 4. The monoisotopic (exact) mass is 598 g/mol. The second-order valence-electron chi connectivity index (χ2n) is 12.3. The average Bonchev–Trinajstić information content (AvgIpc) is 3.09. The predicted molar refractivity (Wildman–Crippen MR) is 172 cm³/mol. The molecule has 1 aliphatic carbocycles. The topological polar surface area (TPSA) is 122 Å². The fourth-order valence-electron chi connectivity index (χ4n) is 8.14. The summed E-state index contributed by atoms with van der Waals surface area (Å²) in [6, 6.07) is 23.0. The van der Waals surface area contributed by atoms with Gasteiger partial charge in [-0.15, -0.1) is 0 Å². The van der Waals surface area contributed by atoms with Crippen molar-refractivity contribution in [1.82, 2.24) is 4.90 Å². The Bertz CT molecular complexity index is 2520. The number of hydrogen-bond donors (Lipinski definition) is 0. The predicted octanol–water partition coefficient (Wildman–Crippen LogP) is 7.21. The smallest absolute Gasteiger partial charge is 0.266 e. The molecular weight excluding hydrogens is 576 g/mol. The Labute approximate surface area is 262 Å². The van der Waals surface area contributed by atoms with Crippen molar-refractivity contribution in [2.75, 3.05) is 4.90 Å². The summed E-state index contributed by atoms with van der Waals surface area (Å²) in [5, 5.41) is 25.1. The Morgan fingerprint density at radius 1 is 0.543 bits per heavy atom. The summed E-state index contributed by atoms with van der Waals surface area (Å²) < 4.78 is 0. The molecule has 8 heteroatoms. The largest absolute Gasteiger partial charge is 0.271 e. The minimum atomic E-state index is -0.542. The van der Waals surface area contributed by atoms with Crippen LogP contribution in [0.4, 0.5) is 5.69 Å². The lowest BCUT2D eigenvalue weighted by molar-refractivity contribution is 0.0502. The van der Waals surface area contributed by atoms with Crippen LogP contribution >= 0.6 is 0 Å². The van der Waals surface area contributed by atoms with Gasteiger partial charge >= 0.3 is 0 Å². The van der Waals surface area contributed by atoms with Gasteiger partial charge in [0.25, 0.3) is 23.6 Å². The zero-order valence-corrected chi connectivity index (χ0v) is 24.4. The number of rotatable bonds is 2. The van der Waals surface area contributed by atoms with Crippen molar-refractivity contribution in [2.45, 2.75) is 38.1 Å². The molecule has 0 N–H and O–H groups in total. The van der Waals surface area contributed by atoms with Crippen molar-refractivity contribution in [3.8, 4) is 12.1 Å². The van der Waals surface area contributed by atoms with Crippen LogP contribution in [0.25, 0.3) is 43.1 Å². The molecule has 6 aromatic carbocycles. The van der Waals surface area contributed by atoms with Crippen LogP contribution in [0.15, 0.2) is 66.7 Å². The first-order valence-corrected chi connectivity index (χ1v) is 15.3. The van der Waals surface area contributed by atoms with E-state index < -0.39 is 17.7 Å². The molecule has 1 saturated carbocycles. The first-order valence-electron chi connectivity index (χ1n) is 15.3. The van der Waals surface area contributed by atoms with Gasteiger partial charge in [-0.25, -0.2) is 4.90 Å². The van der Waals surface area contributed by atoms with Crippen LogP contribution in [0.5, 0.6) is 0 Å². The number of imide groups is 2. The van der Waals surface area contributed by atoms with Gasteiger partial charge in [-0.2, -0.15) is 10.5 Å². The van der Waals surface area contributed by atoms with E-state index in [0.29, 0.717) is 65.5 Å². The van der Waals surface area contributed by atoms with Crippen molar-refractivity contribution in [3.05, 3.63) is 100 Å². The first kappa shape index (κ1) is 26.3. The molecule has 218 valence electrons. The van der Waals surface area contributed by atoms with Crippen LogP contribution in [0, 0.1) is 22.7 Å². The van der Waals surface area contributed by atoms with Crippen LogP contribution < -0.4 is 4.90 Å². The molecule has 8 nitrogen and oxygen atoms in total. The van der Waals surface area contributed by atoms with Crippen molar-refractivity contribution in [2.24, 2.45) is 0 Å². The van der Waals surface area contributed by atoms with Gasteiger partial charge in [0.2, 0.25) is 0 Å². The fourth-order valence-corrected chi connectivity index (χ4v) is 8.14. The molecule has 0 radical (unpaired) electrons. The quantitative estimate of drug-likeness (QED) is 0.118. The second-order valence-corrected chi connectivity index (χ2v) is 12.3. The van der Waals surface area contributed by atoms with E-state index in [0.717, 1.165) is 37.0 Å². The van der Waals surface area contributed by atoms with Crippen molar-refractivity contribution < 1.29 is 19.2 Å². The van der Waals surface area contributed by atoms with E-state index in [4.69, 9.17) is 0 Å². The summed E-state index contributed by atoms with van der Waals surface area (Å²) >= 11 is 0. The SMILES string of the molecule is N#Cc1cc2c3c(ccc4c5c(C#N)cc6c7c(ccc(c1c34)c75)C(=O)N(C1CCCCC1)C6=O)C(=O)N(c1ccccc1)C2=O. The Hall–Kier alpha value is -6.12. The van der Waals surface area contributed by atoms with E-state index in [2.05, 4.69) is 12.1 Å². The Morgan fingerprint density at radius 3 is 1.61 bits per heavy atom. The molecule has 0 spiro atoms. The third kappa shape index (κ3) is 3.15. The molecule has 1 fully saturated rings. The molecule has 0 unspecified atom stereocenters. The van der Waals surface area contributed by atoms with Crippen LogP contribution in [0.2, 0.25) is 0 Å². The minimum Gasteiger partial charge on any atom is -0.271 e. The molecule has 9 rings (SSSR count). The van der Waals surface area contributed by atoms with Crippen molar-refractivity contribution >= 4 is 72.4 Å². The molecule has 6 aromatic rings. The summed E-state index contributed by atoms with van der Waals surface area (Å²) in [6.07, 6.45) is 4.47. The van der Waals surface area contributed by atoms with E-state index in [9.17, 15) is 29.7 Å². The van der Waals surface area contributed by atoms with Gasteiger partial charge in [-0.3, -0.25) is 24.1 Å². The number of carbonyl (C=O) groups is 4. The maximum atomic E-state index is 14.1. The van der Waals surface area contributed by atoms with Crippen LogP contribution in [-0.2, 0) is 0 Å². The molecule has 2 heterocycles. The molecule has 0 aromatic heterocycles. The van der Waals surface area contributed by atoms with Gasteiger partial charge in [-0.1, -0.05) is 49.6 Å². The number of fused-ring (bicyclic) bond motifs is 2. The lowest BCUT2D eigenvalue weighted by Gasteiger charge is -2.36. The normalized spacial score (nSPS) is 16.7. The highest BCUT2D eigenvalue weighted by Gasteiger charge is 2.41. The lowest BCUT2D eigenvalue weighted by Crippen LogP contribution is -2.47. The standard InChI is InChI=1S/C38H22N4O4/c39-17-19-15-27-31-25(35(43)41(37(27)45)21-7-3-1-4-8-21)13-11-23-30-20(18-40)16-28-32-26(14-12-24(34(30)32)29(19)33(23)31)36(44)42(38(28)46)22-9-5-2-6-10-22/h1,3-4,7-8,11-16,22H,2,5-6,9-10H2. The molecular formula is C38H22N4O4. The fraction of sp³-hybridized carbons (Fsp3) is 0.158. The number of nitriles is 2. The van der Waals surface area contributed by atoms with Gasteiger partial charge in [0, 0.05) is 49.5 Å². The molecule has 4 amide bonds. The average molecular weight is 599 g/mol. The Morgan fingerprint density at radius 2 is 1.04 bits per heavy atom. The van der Waals surface area contributed by atoms with Crippen molar-refractivity contribution in [1.29, 1.82) is 10.5 Å². The number of amides is 4. The third-order valence-corrected chi connectivity index (χ3v) is 10.1. The Kier molecular flexibility index (Phi) is 5.26. The summed E-state index contributed by atoms with van der Waals surface area (Å²) in [5.41, 5.74) is 2.11. The lowest BCUT2D eigenvalue weighted by atomic mass is 9.79. The van der Waals surface area contributed by atoms with E-state index in [-0.39, 0.29) is 28.6 Å². The first-order chi connectivity index (χ1) is 22.4. The highest BCUT2D eigenvalue weighted by atomic mass is 16.2. The van der Waals surface area contributed by atoms with Crippen LogP contribution in [-0.4, -0.2) is 34.6 Å². The number of nitrogens with zero attached hydrogens (tertiary/aromatic N) is 4. The second kappa shape index (κ2) is 9.20. The van der Waals surface area contributed by atoms with E-state index in [1.54, 1.807) is 60.7 Å². The zero-order valence-electron chi connectivity index (χ0n) is 24.4. The summed E-state index contributed by atoms with van der Waals surface area (Å²) in [7, 11) is 0. The summed E-state index contributed by atoms with van der Waals surface area (Å²) in [6.45, 7) is 0.